The smallest absolute Gasteiger partial charge is 0.252 e. The van der Waals surface area contributed by atoms with E-state index in [1.807, 2.05) is 0 Å². The molecule has 5 heteroatoms. The van der Waals surface area contributed by atoms with E-state index < -0.39 is 5.91 Å². The molecule has 4 nitrogen and oxygen atoms in total. The lowest BCUT2D eigenvalue weighted by Gasteiger charge is -2.13. The first-order valence-corrected chi connectivity index (χ1v) is 6.25. The molecule has 3 N–H and O–H groups in total. The average molecular weight is 274 g/mol. The van der Waals surface area contributed by atoms with Gasteiger partial charge < -0.3 is 11.1 Å². The zero-order valence-corrected chi connectivity index (χ0v) is 11.0. The van der Waals surface area contributed by atoms with E-state index in [-0.39, 0.29) is 24.2 Å². The van der Waals surface area contributed by atoms with Crippen LogP contribution in [0.1, 0.15) is 23.7 Å². The summed E-state index contributed by atoms with van der Waals surface area (Å²) in [6.45, 7) is 1.69. The molecule has 2 rings (SSSR count). The molecule has 2 amide bonds. The molecule has 0 aliphatic rings. The average Bonchev–Trinajstić information content (AvgIpc) is 2.38. The van der Waals surface area contributed by atoms with Gasteiger partial charge in [0.05, 0.1) is 0 Å². The molecular formula is C15H15FN2O2. The zero-order valence-electron chi connectivity index (χ0n) is 11.0. The fourth-order valence-electron chi connectivity index (χ4n) is 2.11. The van der Waals surface area contributed by atoms with E-state index >= 15 is 0 Å². The van der Waals surface area contributed by atoms with Crippen LogP contribution in [0.3, 0.4) is 0 Å². The minimum Gasteiger partial charge on any atom is -0.370 e. The highest BCUT2D eigenvalue weighted by Crippen LogP contribution is 2.21. The van der Waals surface area contributed by atoms with Crippen molar-refractivity contribution >= 4 is 22.6 Å². The second kappa shape index (κ2) is 5.69. The monoisotopic (exact) mass is 274 g/mol. The van der Waals surface area contributed by atoms with Crippen LogP contribution in [0.15, 0.2) is 36.4 Å². The number of hydrogen-bond acceptors (Lipinski definition) is 2. The summed E-state index contributed by atoms with van der Waals surface area (Å²) >= 11 is 0. The molecule has 2 aromatic carbocycles. The summed E-state index contributed by atoms with van der Waals surface area (Å²) in [5, 5.41) is 3.61. The molecule has 0 aromatic heterocycles. The number of hydrogen-bond donors (Lipinski definition) is 2. The van der Waals surface area contributed by atoms with Crippen LogP contribution < -0.4 is 11.1 Å². The van der Waals surface area contributed by atoms with Gasteiger partial charge in [-0.1, -0.05) is 24.3 Å². The Morgan fingerprint density at radius 2 is 1.85 bits per heavy atom. The standard InChI is InChI=1S/C15H15FN2O2/c1-9(8-14(17)19)18-15(20)12-6-7-13(16)11-5-3-2-4-10(11)12/h2-7,9H,8H2,1H3,(H2,17,19)(H,18,20). The molecule has 0 aliphatic heterocycles. The number of rotatable bonds is 4. The maximum Gasteiger partial charge on any atom is 0.252 e. The predicted molar refractivity (Wildman–Crippen MR) is 74.6 cm³/mol. The summed E-state index contributed by atoms with van der Waals surface area (Å²) in [6, 6.07) is 9.08. The number of halogens is 1. The van der Waals surface area contributed by atoms with E-state index in [4.69, 9.17) is 5.73 Å². The molecule has 0 saturated heterocycles. The van der Waals surface area contributed by atoms with Crippen molar-refractivity contribution in [3.8, 4) is 0 Å². The third-order valence-corrected chi connectivity index (χ3v) is 3.00. The van der Waals surface area contributed by atoms with E-state index in [1.54, 1.807) is 31.2 Å². The van der Waals surface area contributed by atoms with Gasteiger partial charge in [-0.05, 0) is 24.4 Å². The van der Waals surface area contributed by atoms with Crippen molar-refractivity contribution in [3.63, 3.8) is 0 Å². The molecule has 0 radical (unpaired) electrons. The molecule has 0 saturated carbocycles. The van der Waals surface area contributed by atoms with Gasteiger partial charge in [-0.2, -0.15) is 0 Å². The van der Waals surface area contributed by atoms with Gasteiger partial charge in [0, 0.05) is 23.4 Å². The molecule has 1 unspecified atom stereocenters. The second-order valence-electron chi connectivity index (χ2n) is 4.69. The summed E-state index contributed by atoms with van der Waals surface area (Å²) < 4.78 is 13.7. The van der Waals surface area contributed by atoms with Gasteiger partial charge in [-0.25, -0.2) is 4.39 Å². The number of nitrogens with two attached hydrogens (primary N) is 1. The van der Waals surface area contributed by atoms with Crippen LogP contribution >= 0.6 is 0 Å². The first-order valence-electron chi connectivity index (χ1n) is 6.25. The van der Waals surface area contributed by atoms with Crippen LogP contribution in [0, 0.1) is 5.82 Å². The van der Waals surface area contributed by atoms with Gasteiger partial charge in [0.15, 0.2) is 0 Å². The molecule has 20 heavy (non-hydrogen) atoms. The van der Waals surface area contributed by atoms with Crippen LogP contribution in [0.4, 0.5) is 4.39 Å². The lowest BCUT2D eigenvalue weighted by atomic mass is 10.0. The van der Waals surface area contributed by atoms with E-state index in [2.05, 4.69) is 5.32 Å². The van der Waals surface area contributed by atoms with E-state index in [0.717, 1.165) is 0 Å². The summed E-state index contributed by atoms with van der Waals surface area (Å²) in [4.78, 5) is 23.0. The largest absolute Gasteiger partial charge is 0.370 e. The first kappa shape index (κ1) is 14.0. The van der Waals surface area contributed by atoms with Crippen LogP contribution in [-0.4, -0.2) is 17.9 Å². The molecule has 1 atom stereocenters. The highest BCUT2D eigenvalue weighted by atomic mass is 19.1. The Morgan fingerprint density at radius 3 is 2.50 bits per heavy atom. The SMILES string of the molecule is CC(CC(N)=O)NC(=O)c1ccc(F)c2ccccc12. The van der Waals surface area contributed by atoms with Gasteiger partial charge in [-0.3, -0.25) is 9.59 Å². The van der Waals surface area contributed by atoms with Gasteiger partial charge in [0.2, 0.25) is 5.91 Å². The lowest BCUT2D eigenvalue weighted by molar-refractivity contribution is -0.118. The topological polar surface area (TPSA) is 72.2 Å². The van der Waals surface area contributed by atoms with Crippen molar-refractivity contribution in [1.29, 1.82) is 0 Å². The number of benzene rings is 2. The van der Waals surface area contributed by atoms with E-state index in [1.165, 1.54) is 12.1 Å². The number of nitrogens with one attached hydrogen (secondary N) is 1. The van der Waals surface area contributed by atoms with Crippen molar-refractivity contribution in [2.45, 2.75) is 19.4 Å². The molecular weight excluding hydrogens is 259 g/mol. The fourth-order valence-corrected chi connectivity index (χ4v) is 2.11. The van der Waals surface area contributed by atoms with Gasteiger partial charge in [-0.15, -0.1) is 0 Å². The molecule has 0 aliphatic carbocycles. The molecule has 0 heterocycles. The first-order chi connectivity index (χ1) is 9.49. The van der Waals surface area contributed by atoms with Crippen LogP contribution in [0.25, 0.3) is 10.8 Å². The quantitative estimate of drug-likeness (QED) is 0.894. The number of fused-ring (bicyclic) bond motifs is 1. The Balaban J connectivity index is 2.31. The molecule has 104 valence electrons. The van der Waals surface area contributed by atoms with Crippen LogP contribution in [-0.2, 0) is 4.79 Å². The number of carbonyl (C=O) groups excluding carboxylic acids is 2. The second-order valence-corrected chi connectivity index (χ2v) is 4.69. The van der Waals surface area contributed by atoms with Crippen molar-refractivity contribution in [2.24, 2.45) is 5.73 Å². The fraction of sp³-hybridized carbons (Fsp3) is 0.200. The van der Waals surface area contributed by atoms with Crippen molar-refractivity contribution in [2.75, 3.05) is 0 Å². The normalized spacial score (nSPS) is 12.1. The van der Waals surface area contributed by atoms with Gasteiger partial charge >= 0.3 is 0 Å². The van der Waals surface area contributed by atoms with Crippen LogP contribution in [0.5, 0.6) is 0 Å². The molecule has 2 aromatic rings. The molecule has 0 bridgehead atoms. The van der Waals surface area contributed by atoms with Crippen LogP contribution in [0.2, 0.25) is 0 Å². The van der Waals surface area contributed by atoms with Crippen molar-refractivity contribution in [1.82, 2.24) is 5.32 Å². The summed E-state index contributed by atoms with van der Waals surface area (Å²) in [5.41, 5.74) is 5.45. The maximum absolute atomic E-state index is 13.7. The third kappa shape index (κ3) is 2.93. The minimum atomic E-state index is -0.484. The Hall–Kier alpha value is -2.43. The number of amides is 2. The summed E-state index contributed by atoms with van der Waals surface area (Å²) in [7, 11) is 0. The predicted octanol–water partition coefficient (Wildman–Crippen LogP) is 1.97. The Morgan fingerprint density at radius 1 is 1.20 bits per heavy atom. The lowest BCUT2D eigenvalue weighted by Crippen LogP contribution is -2.35. The Labute approximate surface area is 115 Å². The maximum atomic E-state index is 13.7. The van der Waals surface area contributed by atoms with Crippen molar-refractivity contribution < 1.29 is 14.0 Å². The van der Waals surface area contributed by atoms with Gasteiger partial charge in [0.25, 0.3) is 5.91 Å². The summed E-state index contributed by atoms with van der Waals surface area (Å²) in [5.74, 6) is -1.21. The number of primary amides is 1. The highest BCUT2D eigenvalue weighted by molar-refractivity contribution is 6.07. The van der Waals surface area contributed by atoms with E-state index in [0.29, 0.717) is 16.3 Å². The zero-order chi connectivity index (χ0) is 14.7. The van der Waals surface area contributed by atoms with Gasteiger partial charge in [0.1, 0.15) is 5.82 Å². The van der Waals surface area contributed by atoms with E-state index in [9.17, 15) is 14.0 Å². The highest BCUT2D eigenvalue weighted by Gasteiger charge is 2.15. The number of carbonyl (C=O) groups is 2. The van der Waals surface area contributed by atoms with Crippen molar-refractivity contribution in [3.05, 3.63) is 47.8 Å². The minimum absolute atomic E-state index is 0.0604. The Bertz CT molecular complexity index is 670. The Kier molecular flexibility index (Phi) is 3.98. The molecule has 0 spiro atoms. The molecule has 0 fully saturated rings. The summed E-state index contributed by atoms with van der Waals surface area (Å²) in [6.07, 6.45) is 0.0604. The third-order valence-electron chi connectivity index (χ3n) is 3.00.